The first-order valence-electron chi connectivity index (χ1n) is 8.19. The van der Waals surface area contributed by atoms with Gasteiger partial charge in [0, 0.05) is 24.1 Å². The van der Waals surface area contributed by atoms with Crippen molar-refractivity contribution in [3.05, 3.63) is 64.7 Å². The molecule has 4 nitrogen and oxygen atoms in total. The molecule has 132 valence electrons. The highest BCUT2D eigenvalue weighted by atomic mass is 35.5. The van der Waals surface area contributed by atoms with Crippen LogP contribution in [0.25, 0.3) is 0 Å². The van der Waals surface area contributed by atoms with E-state index in [0.717, 1.165) is 5.56 Å². The van der Waals surface area contributed by atoms with E-state index in [4.69, 9.17) is 16.3 Å². The van der Waals surface area contributed by atoms with Gasteiger partial charge in [0.05, 0.1) is 6.04 Å². The van der Waals surface area contributed by atoms with Gasteiger partial charge >= 0.3 is 0 Å². The third-order valence-corrected chi connectivity index (χ3v) is 4.40. The van der Waals surface area contributed by atoms with Gasteiger partial charge in [-0.25, -0.2) is 0 Å². The van der Waals surface area contributed by atoms with Crippen LogP contribution in [-0.4, -0.2) is 30.2 Å². The molecule has 0 radical (unpaired) electrons. The Bertz CT molecular complexity index is 743. The minimum Gasteiger partial charge on any atom is -0.484 e. The van der Waals surface area contributed by atoms with Crippen molar-refractivity contribution in [2.24, 2.45) is 0 Å². The highest BCUT2D eigenvalue weighted by Crippen LogP contribution is 2.22. The number of ketones is 1. The van der Waals surface area contributed by atoms with Crippen molar-refractivity contribution in [2.45, 2.75) is 26.3 Å². The van der Waals surface area contributed by atoms with Gasteiger partial charge in [-0.2, -0.15) is 0 Å². The number of benzene rings is 2. The van der Waals surface area contributed by atoms with Crippen molar-refractivity contribution in [3.8, 4) is 5.75 Å². The van der Waals surface area contributed by atoms with Gasteiger partial charge < -0.3 is 9.64 Å². The van der Waals surface area contributed by atoms with Gasteiger partial charge in [0.15, 0.2) is 12.4 Å². The van der Waals surface area contributed by atoms with E-state index in [2.05, 4.69) is 0 Å². The van der Waals surface area contributed by atoms with Crippen molar-refractivity contribution in [2.75, 3.05) is 13.7 Å². The topological polar surface area (TPSA) is 46.6 Å². The van der Waals surface area contributed by atoms with Crippen molar-refractivity contribution >= 4 is 23.3 Å². The Balaban J connectivity index is 1.94. The zero-order chi connectivity index (χ0) is 18.4. The molecular formula is C20H22ClNO3. The Morgan fingerprint density at radius 2 is 1.84 bits per heavy atom. The highest BCUT2D eigenvalue weighted by Gasteiger charge is 2.18. The number of likely N-dealkylation sites (N-methyl/N-ethyl adjacent to an activating group) is 1. The van der Waals surface area contributed by atoms with Crippen LogP contribution in [0.3, 0.4) is 0 Å². The van der Waals surface area contributed by atoms with E-state index in [1.807, 2.05) is 32.0 Å². The third kappa shape index (κ3) is 5.07. The van der Waals surface area contributed by atoms with Gasteiger partial charge in [0.2, 0.25) is 0 Å². The van der Waals surface area contributed by atoms with Crippen LogP contribution < -0.4 is 4.74 Å². The molecule has 0 spiro atoms. The Hall–Kier alpha value is -2.33. The summed E-state index contributed by atoms with van der Waals surface area (Å²) in [7, 11) is 1.74. The number of nitrogens with zero attached hydrogens (tertiary/aromatic N) is 1. The Labute approximate surface area is 153 Å². The number of carbonyl (C=O) groups is 2. The average molecular weight is 360 g/mol. The summed E-state index contributed by atoms with van der Waals surface area (Å²) >= 11 is 6.01. The molecule has 0 bridgehead atoms. The molecule has 2 rings (SSSR count). The molecule has 0 aliphatic rings. The molecule has 0 saturated carbocycles. The molecule has 0 aliphatic heterocycles. The molecule has 1 amide bonds. The normalized spacial score (nSPS) is 11.7. The van der Waals surface area contributed by atoms with E-state index in [0.29, 0.717) is 22.8 Å². The molecule has 5 heteroatoms. The van der Waals surface area contributed by atoms with Crippen LogP contribution >= 0.6 is 11.6 Å². The standard InChI is InChI=1S/C20H22ClNO3/c1-4-19(23)15-8-10-18(11-9-15)25-13-20(24)22(3)14(2)16-6-5-7-17(21)12-16/h5-12,14H,4,13H2,1-3H3. The van der Waals surface area contributed by atoms with Crippen LogP contribution in [0, 0.1) is 0 Å². The molecular weight excluding hydrogens is 338 g/mol. The number of amides is 1. The summed E-state index contributed by atoms with van der Waals surface area (Å²) in [6.45, 7) is 3.69. The molecule has 2 aromatic carbocycles. The quantitative estimate of drug-likeness (QED) is 0.682. The summed E-state index contributed by atoms with van der Waals surface area (Å²) in [5, 5.41) is 0.642. The predicted octanol–water partition coefficient (Wildman–Crippen LogP) is 4.53. The number of rotatable bonds is 7. The van der Waals surface area contributed by atoms with E-state index in [1.54, 1.807) is 42.3 Å². The summed E-state index contributed by atoms with van der Waals surface area (Å²) in [5.41, 5.74) is 1.61. The molecule has 0 N–H and O–H groups in total. The van der Waals surface area contributed by atoms with Crippen molar-refractivity contribution in [1.29, 1.82) is 0 Å². The number of Topliss-reactive ketones (excluding diaryl/α,β-unsaturated/α-hetero) is 1. The van der Waals surface area contributed by atoms with Crippen LogP contribution in [0.15, 0.2) is 48.5 Å². The first-order valence-corrected chi connectivity index (χ1v) is 8.57. The third-order valence-electron chi connectivity index (χ3n) is 4.17. The van der Waals surface area contributed by atoms with Crippen LogP contribution in [0.1, 0.15) is 42.2 Å². The summed E-state index contributed by atoms with van der Waals surface area (Å²) < 4.78 is 5.54. The largest absolute Gasteiger partial charge is 0.484 e. The average Bonchev–Trinajstić information content (AvgIpc) is 2.64. The number of hydrogen-bond acceptors (Lipinski definition) is 3. The fraction of sp³-hybridized carbons (Fsp3) is 0.300. The second kappa shape index (κ2) is 8.67. The van der Waals surface area contributed by atoms with Gasteiger partial charge in [-0.3, -0.25) is 9.59 Å². The van der Waals surface area contributed by atoms with Gasteiger partial charge in [-0.05, 0) is 48.9 Å². The molecule has 2 aromatic rings. The lowest BCUT2D eigenvalue weighted by atomic mass is 10.1. The van der Waals surface area contributed by atoms with Crippen LogP contribution in [0.2, 0.25) is 5.02 Å². The first kappa shape index (κ1) is 19.0. The van der Waals surface area contributed by atoms with Crippen LogP contribution in [0.5, 0.6) is 5.75 Å². The van der Waals surface area contributed by atoms with E-state index in [9.17, 15) is 9.59 Å². The molecule has 1 unspecified atom stereocenters. The van der Waals surface area contributed by atoms with Crippen molar-refractivity contribution in [1.82, 2.24) is 4.90 Å². The molecule has 0 fully saturated rings. The summed E-state index contributed by atoms with van der Waals surface area (Å²) in [6.07, 6.45) is 0.463. The second-order valence-electron chi connectivity index (χ2n) is 5.83. The van der Waals surface area contributed by atoms with E-state index in [-0.39, 0.29) is 24.3 Å². The number of hydrogen-bond donors (Lipinski definition) is 0. The maximum absolute atomic E-state index is 12.4. The lowest BCUT2D eigenvalue weighted by molar-refractivity contribution is -0.134. The lowest BCUT2D eigenvalue weighted by Crippen LogP contribution is -2.33. The summed E-state index contributed by atoms with van der Waals surface area (Å²) in [6, 6.07) is 14.2. The SMILES string of the molecule is CCC(=O)c1ccc(OCC(=O)N(C)C(C)c2cccc(Cl)c2)cc1. The Morgan fingerprint density at radius 3 is 2.44 bits per heavy atom. The summed E-state index contributed by atoms with van der Waals surface area (Å²) in [4.78, 5) is 25.6. The number of halogens is 1. The van der Waals surface area contributed by atoms with Gasteiger partial charge in [0.1, 0.15) is 5.75 Å². The van der Waals surface area contributed by atoms with Gasteiger partial charge in [-0.1, -0.05) is 30.7 Å². The van der Waals surface area contributed by atoms with E-state index >= 15 is 0 Å². The first-order chi connectivity index (χ1) is 11.9. The zero-order valence-electron chi connectivity index (χ0n) is 14.7. The van der Waals surface area contributed by atoms with E-state index < -0.39 is 0 Å². The Kier molecular flexibility index (Phi) is 6.59. The summed E-state index contributed by atoms with van der Waals surface area (Å²) in [5.74, 6) is 0.503. The molecule has 0 aromatic heterocycles. The molecule has 0 heterocycles. The van der Waals surface area contributed by atoms with Gasteiger partial charge in [0.25, 0.3) is 5.91 Å². The second-order valence-corrected chi connectivity index (χ2v) is 6.26. The smallest absolute Gasteiger partial charge is 0.260 e. The minimum absolute atomic E-state index is 0.0670. The zero-order valence-corrected chi connectivity index (χ0v) is 15.4. The number of carbonyl (C=O) groups excluding carboxylic acids is 2. The van der Waals surface area contributed by atoms with Gasteiger partial charge in [-0.15, -0.1) is 0 Å². The fourth-order valence-corrected chi connectivity index (χ4v) is 2.59. The number of ether oxygens (including phenoxy) is 1. The molecule has 25 heavy (non-hydrogen) atoms. The lowest BCUT2D eigenvalue weighted by Gasteiger charge is -2.25. The van der Waals surface area contributed by atoms with Crippen molar-refractivity contribution in [3.63, 3.8) is 0 Å². The fourth-order valence-electron chi connectivity index (χ4n) is 2.39. The van der Waals surface area contributed by atoms with E-state index in [1.165, 1.54) is 0 Å². The van der Waals surface area contributed by atoms with Crippen molar-refractivity contribution < 1.29 is 14.3 Å². The minimum atomic E-state index is -0.138. The highest BCUT2D eigenvalue weighted by molar-refractivity contribution is 6.30. The van der Waals surface area contributed by atoms with Crippen LogP contribution in [0.4, 0.5) is 0 Å². The maximum atomic E-state index is 12.4. The molecule has 0 aliphatic carbocycles. The molecule has 1 atom stereocenters. The predicted molar refractivity (Wildman–Crippen MR) is 99.2 cm³/mol. The Morgan fingerprint density at radius 1 is 1.16 bits per heavy atom. The molecule has 0 saturated heterocycles. The maximum Gasteiger partial charge on any atom is 0.260 e. The monoisotopic (exact) mass is 359 g/mol. The van der Waals surface area contributed by atoms with Crippen LogP contribution in [-0.2, 0) is 4.79 Å².